The summed E-state index contributed by atoms with van der Waals surface area (Å²) in [7, 11) is 0. The van der Waals surface area contributed by atoms with Crippen LogP contribution in [0.25, 0.3) is 12.2 Å². The molecular formula is C18H16N4O. The van der Waals surface area contributed by atoms with E-state index in [1.54, 1.807) is 24.4 Å². The van der Waals surface area contributed by atoms with E-state index >= 15 is 0 Å². The third-order valence-electron chi connectivity index (χ3n) is 3.25. The Balaban J connectivity index is 1.79. The summed E-state index contributed by atoms with van der Waals surface area (Å²) >= 11 is 0. The van der Waals surface area contributed by atoms with Crippen molar-refractivity contribution in [2.24, 2.45) is 0 Å². The summed E-state index contributed by atoms with van der Waals surface area (Å²) in [6.45, 7) is 0. The zero-order chi connectivity index (χ0) is 16.1. The zero-order valence-electron chi connectivity index (χ0n) is 12.4. The zero-order valence-corrected chi connectivity index (χ0v) is 12.4. The number of nitrogen functional groups attached to an aromatic ring is 1. The Labute approximate surface area is 134 Å². The smallest absolute Gasteiger partial charge is 0.187 e. The fraction of sp³-hybridized carbons (Fsp3) is 0. The molecule has 23 heavy (non-hydrogen) atoms. The van der Waals surface area contributed by atoms with Crippen LogP contribution in [0.2, 0.25) is 0 Å². The Morgan fingerprint density at radius 1 is 1.04 bits per heavy atom. The number of rotatable bonds is 4. The predicted octanol–water partition coefficient (Wildman–Crippen LogP) is 3.21. The van der Waals surface area contributed by atoms with Crippen LogP contribution in [0.1, 0.15) is 11.1 Å². The summed E-state index contributed by atoms with van der Waals surface area (Å²) in [5.41, 5.74) is 9.22. The molecule has 114 valence electrons. The van der Waals surface area contributed by atoms with Gasteiger partial charge in [0.2, 0.25) is 0 Å². The highest BCUT2D eigenvalue weighted by Gasteiger charge is 2.00. The average Bonchev–Trinajstić information content (AvgIpc) is 2.56. The van der Waals surface area contributed by atoms with E-state index in [9.17, 15) is 5.21 Å². The Morgan fingerprint density at radius 3 is 2.70 bits per heavy atom. The Hall–Kier alpha value is -3.34. The molecule has 1 aromatic carbocycles. The normalized spacial score (nSPS) is 10.8. The highest BCUT2D eigenvalue weighted by atomic mass is 16.5. The van der Waals surface area contributed by atoms with Crippen LogP contribution in [0.3, 0.4) is 0 Å². The number of anilines is 3. The van der Waals surface area contributed by atoms with Gasteiger partial charge in [0.05, 0.1) is 5.69 Å². The summed E-state index contributed by atoms with van der Waals surface area (Å²) in [5, 5.41) is 14.4. The molecule has 0 unspecified atom stereocenters. The number of aromatic nitrogens is 2. The SMILES string of the molecule is Nc1cccnc1Nc1cccc(C=Cc2ccc[n+]([O-])c2)c1. The monoisotopic (exact) mass is 304 g/mol. The van der Waals surface area contributed by atoms with Crippen molar-refractivity contribution in [3.8, 4) is 0 Å². The molecule has 0 aliphatic carbocycles. The van der Waals surface area contributed by atoms with Crippen molar-refractivity contribution in [2.75, 3.05) is 11.1 Å². The summed E-state index contributed by atoms with van der Waals surface area (Å²) in [4.78, 5) is 4.21. The van der Waals surface area contributed by atoms with Gasteiger partial charge in [0.25, 0.3) is 0 Å². The lowest BCUT2D eigenvalue weighted by atomic mass is 10.1. The minimum atomic E-state index is 0.595. The second kappa shape index (κ2) is 6.62. The van der Waals surface area contributed by atoms with Crippen molar-refractivity contribution in [1.82, 2.24) is 4.98 Å². The second-order valence-corrected chi connectivity index (χ2v) is 5.02. The third-order valence-corrected chi connectivity index (χ3v) is 3.25. The molecule has 5 heteroatoms. The molecule has 5 nitrogen and oxygen atoms in total. The van der Waals surface area contributed by atoms with Crippen LogP contribution < -0.4 is 15.8 Å². The van der Waals surface area contributed by atoms with Crippen molar-refractivity contribution in [3.05, 3.63) is 83.5 Å². The molecule has 2 heterocycles. The van der Waals surface area contributed by atoms with Crippen LogP contribution in [0.4, 0.5) is 17.2 Å². The first-order chi connectivity index (χ1) is 11.2. The maximum absolute atomic E-state index is 11.2. The van der Waals surface area contributed by atoms with Crippen LogP contribution in [-0.4, -0.2) is 4.98 Å². The van der Waals surface area contributed by atoms with Gasteiger partial charge in [-0.15, -0.1) is 0 Å². The molecular weight excluding hydrogens is 288 g/mol. The van der Waals surface area contributed by atoms with Crippen molar-refractivity contribution >= 4 is 29.3 Å². The van der Waals surface area contributed by atoms with E-state index in [4.69, 9.17) is 5.73 Å². The quantitative estimate of drug-likeness (QED) is 0.573. The van der Waals surface area contributed by atoms with Crippen LogP contribution in [0, 0.1) is 5.21 Å². The molecule has 0 spiro atoms. The first-order valence-corrected chi connectivity index (χ1v) is 7.15. The minimum Gasteiger partial charge on any atom is -0.619 e. The number of hydrogen-bond donors (Lipinski definition) is 2. The molecule has 0 bridgehead atoms. The highest BCUT2D eigenvalue weighted by molar-refractivity contribution is 5.73. The average molecular weight is 304 g/mol. The van der Waals surface area contributed by atoms with E-state index in [0.717, 1.165) is 21.5 Å². The molecule has 0 saturated carbocycles. The van der Waals surface area contributed by atoms with E-state index < -0.39 is 0 Å². The van der Waals surface area contributed by atoms with Crippen molar-refractivity contribution < 1.29 is 4.73 Å². The molecule has 3 N–H and O–H groups in total. The largest absolute Gasteiger partial charge is 0.619 e. The molecule has 3 aromatic rings. The molecule has 0 amide bonds. The standard InChI is InChI=1S/C18H16N4O/c19-17-7-2-10-20-18(17)21-16-6-1-4-14(12-16)8-9-15-5-3-11-22(23)13-15/h1-13H,19H2,(H,20,21). The van der Waals surface area contributed by atoms with Crippen LogP contribution in [0.15, 0.2) is 67.1 Å². The lowest BCUT2D eigenvalue weighted by Gasteiger charge is -2.08. The van der Waals surface area contributed by atoms with Crippen molar-refractivity contribution in [2.45, 2.75) is 0 Å². The maximum Gasteiger partial charge on any atom is 0.187 e. The van der Waals surface area contributed by atoms with Gasteiger partial charge in [0.1, 0.15) is 0 Å². The lowest BCUT2D eigenvalue weighted by Crippen LogP contribution is -2.24. The van der Waals surface area contributed by atoms with Crippen molar-refractivity contribution in [1.29, 1.82) is 0 Å². The third kappa shape index (κ3) is 3.85. The Morgan fingerprint density at radius 2 is 1.87 bits per heavy atom. The topological polar surface area (TPSA) is 77.9 Å². The van der Waals surface area contributed by atoms with E-state index in [0.29, 0.717) is 11.5 Å². The van der Waals surface area contributed by atoms with Gasteiger partial charge in [-0.05, 0) is 42.0 Å². The first-order valence-electron chi connectivity index (χ1n) is 7.15. The molecule has 3 rings (SSSR count). The van der Waals surface area contributed by atoms with Crippen molar-refractivity contribution in [3.63, 3.8) is 0 Å². The molecule has 0 fully saturated rings. The van der Waals surface area contributed by atoms with E-state index in [-0.39, 0.29) is 0 Å². The van der Waals surface area contributed by atoms with Gasteiger partial charge in [-0.3, -0.25) is 0 Å². The summed E-state index contributed by atoms with van der Waals surface area (Å²) < 4.78 is 0.779. The molecule has 0 aliphatic heterocycles. The highest BCUT2D eigenvalue weighted by Crippen LogP contribution is 2.21. The van der Waals surface area contributed by atoms with Crippen LogP contribution in [-0.2, 0) is 0 Å². The Bertz CT molecular complexity index is 846. The summed E-state index contributed by atoms with van der Waals surface area (Å²) in [6, 6.07) is 15.0. The first kappa shape index (κ1) is 14.6. The van der Waals surface area contributed by atoms with Gasteiger partial charge >= 0.3 is 0 Å². The van der Waals surface area contributed by atoms with E-state index in [2.05, 4.69) is 10.3 Å². The fourth-order valence-electron chi connectivity index (χ4n) is 2.14. The molecule has 0 aliphatic rings. The van der Waals surface area contributed by atoms with Crippen LogP contribution >= 0.6 is 0 Å². The molecule has 0 saturated heterocycles. The number of nitrogens with one attached hydrogen (secondary N) is 1. The number of benzene rings is 1. The molecule has 2 aromatic heterocycles. The van der Waals surface area contributed by atoms with E-state index in [1.165, 1.54) is 12.4 Å². The lowest BCUT2D eigenvalue weighted by molar-refractivity contribution is -0.605. The van der Waals surface area contributed by atoms with Gasteiger partial charge in [0.15, 0.2) is 18.2 Å². The van der Waals surface area contributed by atoms with E-state index in [1.807, 2.05) is 42.5 Å². The summed E-state index contributed by atoms with van der Waals surface area (Å²) in [6.07, 6.45) is 8.51. The van der Waals surface area contributed by atoms with Crippen LogP contribution in [0.5, 0.6) is 0 Å². The second-order valence-electron chi connectivity index (χ2n) is 5.02. The number of hydrogen-bond acceptors (Lipinski definition) is 4. The van der Waals surface area contributed by atoms with Gasteiger partial charge in [-0.1, -0.05) is 18.2 Å². The summed E-state index contributed by atoms with van der Waals surface area (Å²) in [5.74, 6) is 0.629. The number of pyridine rings is 2. The van der Waals surface area contributed by atoms with Gasteiger partial charge in [-0.2, -0.15) is 4.73 Å². The minimum absolute atomic E-state index is 0.595. The van der Waals surface area contributed by atoms with Gasteiger partial charge < -0.3 is 16.3 Å². The number of nitrogens with zero attached hydrogens (tertiary/aromatic N) is 2. The molecule has 0 atom stereocenters. The predicted molar refractivity (Wildman–Crippen MR) is 92.7 cm³/mol. The fourth-order valence-corrected chi connectivity index (χ4v) is 2.14. The Kier molecular flexibility index (Phi) is 4.20. The maximum atomic E-state index is 11.2. The molecule has 0 radical (unpaired) electrons. The number of nitrogens with two attached hydrogens (primary N) is 1. The van der Waals surface area contributed by atoms with Gasteiger partial charge in [0, 0.05) is 23.5 Å². The van der Waals surface area contributed by atoms with Gasteiger partial charge in [-0.25, -0.2) is 4.98 Å².